The summed E-state index contributed by atoms with van der Waals surface area (Å²) in [5, 5.41) is 2.34. The van der Waals surface area contributed by atoms with Crippen LogP contribution < -0.4 is 5.32 Å². The molecule has 13 heavy (non-hydrogen) atoms. The highest BCUT2D eigenvalue weighted by Crippen LogP contribution is 2.14. The largest absolute Gasteiger partial charge is 0.329 e. The number of anilines is 1. The van der Waals surface area contributed by atoms with E-state index in [9.17, 15) is 4.79 Å². The molecule has 0 aliphatic rings. The Bertz CT molecular complexity index is 449. The third-order valence-corrected chi connectivity index (χ3v) is 1.56. The Morgan fingerprint density at radius 3 is 3.15 bits per heavy atom. The summed E-state index contributed by atoms with van der Waals surface area (Å²) in [5.41, 5.74) is 1.14. The minimum atomic E-state index is 0.374. The Labute approximate surface area is 73.4 Å². The van der Waals surface area contributed by atoms with Crippen LogP contribution in [-0.4, -0.2) is 26.3 Å². The molecule has 0 spiro atoms. The lowest BCUT2D eigenvalue weighted by Crippen LogP contribution is -2.00. The number of carbonyl (C=O) groups excluding carboxylic acids is 1. The topological polar surface area (TPSA) is 83.6 Å². The molecule has 6 nitrogen and oxygen atoms in total. The van der Waals surface area contributed by atoms with Crippen molar-refractivity contribution in [1.29, 1.82) is 0 Å². The number of amides is 1. The van der Waals surface area contributed by atoms with Gasteiger partial charge in [0.2, 0.25) is 0 Å². The van der Waals surface area contributed by atoms with Crippen molar-refractivity contribution in [3.05, 3.63) is 12.2 Å². The van der Waals surface area contributed by atoms with Crippen molar-refractivity contribution in [2.75, 3.05) is 5.32 Å². The molecule has 65 valence electrons. The van der Waals surface area contributed by atoms with Crippen LogP contribution in [-0.2, 0) is 4.79 Å². The third-order valence-electron chi connectivity index (χ3n) is 1.56. The fourth-order valence-electron chi connectivity index (χ4n) is 1.08. The number of nitrogens with zero attached hydrogens (tertiary/aromatic N) is 3. The molecule has 0 unspecified atom stereocenters. The molecule has 0 saturated heterocycles. The van der Waals surface area contributed by atoms with E-state index in [2.05, 4.69) is 25.3 Å². The SMILES string of the molecule is Cc1nc(N[C]=O)c2nc[nH]c2n1. The summed E-state index contributed by atoms with van der Waals surface area (Å²) >= 11 is 0. The summed E-state index contributed by atoms with van der Waals surface area (Å²) in [7, 11) is 0. The van der Waals surface area contributed by atoms with Crippen LogP contribution in [0.15, 0.2) is 6.33 Å². The highest BCUT2D eigenvalue weighted by atomic mass is 16.1. The summed E-state index contributed by atoms with van der Waals surface area (Å²) in [6.45, 7) is 1.73. The second-order valence-electron chi connectivity index (χ2n) is 2.45. The molecule has 2 aromatic heterocycles. The first-order chi connectivity index (χ1) is 6.31. The highest BCUT2D eigenvalue weighted by molar-refractivity contribution is 5.88. The molecular formula is C7H6N5O. The minimum Gasteiger partial charge on any atom is -0.329 e. The average molecular weight is 176 g/mol. The first-order valence-corrected chi connectivity index (χ1v) is 3.62. The molecule has 0 aliphatic carbocycles. The van der Waals surface area contributed by atoms with Gasteiger partial charge in [0.1, 0.15) is 5.82 Å². The Balaban J connectivity index is 2.69. The Morgan fingerprint density at radius 2 is 2.38 bits per heavy atom. The zero-order valence-electron chi connectivity index (χ0n) is 6.83. The van der Waals surface area contributed by atoms with Gasteiger partial charge in [-0.15, -0.1) is 0 Å². The maximum atomic E-state index is 10.1. The van der Waals surface area contributed by atoms with E-state index in [4.69, 9.17) is 0 Å². The highest BCUT2D eigenvalue weighted by Gasteiger charge is 2.06. The Hall–Kier alpha value is -1.98. The van der Waals surface area contributed by atoms with Crippen LogP contribution in [0.4, 0.5) is 5.82 Å². The van der Waals surface area contributed by atoms with E-state index in [0.717, 1.165) is 0 Å². The zero-order valence-corrected chi connectivity index (χ0v) is 6.83. The number of nitrogens with one attached hydrogen (secondary N) is 2. The standard InChI is InChI=1S/C7H6N5O/c1-4-11-6-5(8-2-9-6)7(12-4)10-3-13/h2H,1H3,(H2,8,9,10,11,12,13). The van der Waals surface area contributed by atoms with Crippen LogP contribution in [0.1, 0.15) is 5.82 Å². The van der Waals surface area contributed by atoms with E-state index in [-0.39, 0.29) is 0 Å². The van der Waals surface area contributed by atoms with Crippen LogP contribution in [0, 0.1) is 6.92 Å². The number of aromatic nitrogens is 4. The molecule has 0 aliphatic heterocycles. The molecular weight excluding hydrogens is 170 g/mol. The van der Waals surface area contributed by atoms with E-state index < -0.39 is 0 Å². The molecule has 0 fully saturated rings. The third kappa shape index (κ3) is 1.22. The van der Waals surface area contributed by atoms with Gasteiger partial charge in [-0.05, 0) is 6.92 Å². The second kappa shape index (κ2) is 2.81. The van der Waals surface area contributed by atoms with Crippen LogP contribution in [0.5, 0.6) is 0 Å². The number of rotatable bonds is 2. The number of hydrogen-bond donors (Lipinski definition) is 2. The van der Waals surface area contributed by atoms with Gasteiger partial charge in [0, 0.05) is 0 Å². The lowest BCUT2D eigenvalue weighted by atomic mass is 10.5. The maximum absolute atomic E-state index is 10.1. The molecule has 0 saturated carbocycles. The van der Waals surface area contributed by atoms with Gasteiger partial charge in [-0.2, -0.15) is 0 Å². The van der Waals surface area contributed by atoms with E-state index >= 15 is 0 Å². The quantitative estimate of drug-likeness (QED) is 0.637. The van der Waals surface area contributed by atoms with Crippen LogP contribution in [0.3, 0.4) is 0 Å². The molecule has 2 rings (SSSR count). The predicted molar refractivity (Wildman–Crippen MR) is 45.7 cm³/mol. The summed E-state index contributed by atoms with van der Waals surface area (Å²) < 4.78 is 0. The molecule has 0 bridgehead atoms. The van der Waals surface area contributed by atoms with E-state index in [1.807, 2.05) is 0 Å². The molecule has 2 aromatic rings. The fourth-order valence-corrected chi connectivity index (χ4v) is 1.08. The number of aryl methyl sites for hydroxylation is 1. The number of aromatic amines is 1. The van der Waals surface area contributed by atoms with Crippen molar-refractivity contribution in [2.24, 2.45) is 0 Å². The number of H-pyrrole nitrogens is 1. The molecule has 1 amide bonds. The number of imidazole rings is 1. The van der Waals surface area contributed by atoms with Gasteiger partial charge in [0.15, 0.2) is 17.0 Å². The summed E-state index contributed by atoms with van der Waals surface area (Å²) in [6.07, 6.45) is 3.04. The predicted octanol–water partition coefficient (Wildman–Crippen LogP) is 0.140. The lowest BCUT2D eigenvalue weighted by Gasteiger charge is -1.98. The molecule has 1 radical (unpaired) electrons. The van der Waals surface area contributed by atoms with Gasteiger partial charge < -0.3 is 10.3 Å². The monoisotopic (exact) mass is 176 g/mol. The summed E-state index contributed by atoms with van der Waals surface area (Å²) in [4.78, 5) is 25.0. The molecule has 2 heterocycles. The van der Waals surface area contributed by atoms with Crippen LogP contribution in [0.2, 0.25) is 0 Å². The first kappa shape index (κ1) is 7.66. The minimum absolute atomic E-state index is 0.374. The zero-order chi connectivity index (χ0) is 9.26. The van der Waals surface area contributed by atoms with E-state index in [1.54, 1.807) is 13.3 Å². The normalized spacial score (nSPS) is 10.2. The van der Waals surface area contributed by atoms with Crippen molar-refractivity contribution in [3.63, 3.8) is 0 Å². The van der Waals surface area contributed by atoms with E-state index in [0.29, 0.717) is 22.8 Å². The van der Waals surface area contributed by atoms with E-state index in [1.165, 1.54) is 6.33 Å². The molecule has 0 aromatic carbocycles. The fraction of sp³-hybridized carbons (Fsp3) is 0.143. The van der Waals surface area contributed by atoms with Gasteiger partial charge in [-0.1, -0.05) is 0 Å². The summed E-state index contributed by atoms with van der Waals surface area (Å²) in [6, 6.07) is 0. The smallest absolute Gasteiger partial charge is 0.315 e. The van der Waals surface area contributed by atoms with Gasteiger partial charge in [-0.25, -0.2) is 15.0 Å². The van der Waals surface area contributed by atoms with Crippen molar-refractivity contribution >= 4 is 23.4 Å². The Kier molecular flexibility index (Phi) is 1.66. The van der Waals surface area contributed by atoms with Gasteiger partial charge in [0.25, 0.3) is 0 Å². The van der Waals surface area contributed by atoms with Gasteiger partial charge in [0.05, 0.1) is 6.33 Å². The summed E-state index contributed by atoms with van der Waals surface area (Å²) in [5.74, 6) is 0.938. The second-order valence-corrected chi connectivity index (χ2v) is 2.45. The Morgan fingerprint density at radius 1 is 1.54 bits per heavy atom. The molecule has 6 heteroatoms. The van der Waals surface area contributed by atoms with Crippen LogP contribution >= 0.6 is 0 Å². The van der Waals surface area contributed by atoms with Crippen molar-refractivity contribution in [3.8, 4) is 0 Å². The van der Waals surface area contributed by atoms with Gasteiger partial charge in [-0.3, -0.25) is 4.79 Å². The van der Waals surface area contributed by atoms with Crippen molar-refractivity contribution < 1.29 is 4.79 Å². The molecule has 0 atom stereocenters. The van der Waals surface area contributed by atoms with Crippen LogP contribution in [0.25, 0.3) is 11.2 Å². The van der Waals surface area contributed by atoms with Crippen molar-refractivity contribution in [1.82, 2.24) is 19.9 Å². The maximum Gasteiger partial charge on any atom is 0.315 e. The molecule has 2 N–H and O–H groups in total. The average Bonchev–Trinajstić information content (AvgIpc) is 2.52. The first-order valence-electron chi connectivity index (χ1n) is 3.62. The number of fused-ring (bicyclic) bond motifs is 1. The van der Waals surface area contributed by atoms with Gasteiger partial charge >= 0.3 is 6.41 Å². The number of hydrogen-bond acceptors (Lipinski definition) is 4. The van der Waals surface area contributed by atoms with Crippen molar-refractivity contribution in [2.45, 2.75) is 6.92 Å². The lowest BCUT2D eigenvalue weighted by molar-refractivity contribution is 0.561.